The third kappa shape index (κ3) is 47.3. The number of amides is 1. The Morgan fingerprint density at radius 2 is 0.661 bits per heavy atom. The van der Waals surface area contributed by atoms with Gasteiger partial charge in [0.05, 0.1) is 18.8 Å². The van der Waals surface area contributed by atoms with Crippen molar-refractivity contribution in [1.82, 2.24) is 5.32 Å². The van der Waals surface area contributed by atoms with E-state index < -0.39 is 12.1 Å². The summed E-state index contributed by atoms with van der Waals surface area (Å²) in [4.78, 5) is 12.4. The van der Waals surface area contributed by atoms with Gasteiger partial charge in [0.2, 0.25) is 5.91 Å². The molecule has 0 aliphatic heterocycles. The lowest BCUT2D eigenvalue weighted by Crippen LogP contribution is -2.45. The van der Waals surface area contributed by atoms with E-state index in [9.17, 15) is 15.0 Å². The van der Waals surface area contributed by atoms with Gasteiger partial charge in [0.1, 0.15) is 0 Å². The number of aliphatic hydroxyl groups excluding tert-OH is 2. The Morgan fingerprint density at radius 1 is 0.390 bits per heavy atom. The van der Waals surface area contributed by atoms with Gasteiger partial charge in [0, 0.05) is 6.42 Å². The molecule has 0 fully saturated rings. The number of carbonyl (C=O) groups excluding carboxylic acids is 1. The molecule has 4 heteroatoms. The second kappa shape index (κ2) is 50.7. The van der Waals surface area contributed by atoms with Gasteiger partial charge < -0.3 is 15.5 Å². The Hall–Kier alpha value is -1.65. The predicted octanol–water partition coefficient (Wildman–Crippen LogP) is 17.1. The van der Waals surface area contributed by atoms with Crippen LogP contribution in [0, 0.1) is 0 Å². The van der Waals surface area contributed by atoms with E-state index in [1.54, 1.807) is 6.08 Å². The van der Waals surface area contributed by atoms with Gasteiger partial charge in [-0.25, -0.2) is 0 Å². The average molecular weight is 826 g/mol. The first-order chi connectivity index (χ1) is 29.2. The molecular weight excluding hydrogens is 723 g/mol. The number of hydrogen-bond acceptors (Lipinski definition) is 3. The lowest BCUT2D eigenvalue weighted by molar-refractivity contribution is -0.123. The summed E-state index contributed by atoms with van der Waals surface area (Å²) < 4.78 is 0. The van der Waals surface area contributed by atoms with Crippen molar-refractivity contribution in [3.05, 3.63) is 48.6 Å². The van der Waals surface area contributed by atoms with Gasteiger partial charge in [-0.15, -0.1) is 0 Å². The molecule has 0 rings (SSSR count). The van der Waals surface area contributed by atoms with Crippen molar-refractivity contribution in [2.45, 2.75) is 289 Å². The maximum Gasteiger partial charge on any atom is 0.220 e. The number of unbranched alkanes of at least 4 members (excludes halogenated alkanes) is 35. The summed E-state index contributed by atoms with van der Waals surface area (Å²) in [5, 5.41) is 23.1. The number of rotatable bonds is 48. The molecule has 2 unspecified atom stereocenters. The van der Waals surface area contributed by atoms with E-state index in [-0.39, 0.29) is 12.5 Å². The first-order valence-electron chi connectivity index (χ1n) is 26.4. The standard InChI is InChI=1S/C55H103NO3/c1-3-5-7-9-11-13-15-17-19-21-23-25-27-28-29-31-33-35-37-39-41-43-45-47-49-51-55(59)56-53(52-57)54(58)50-48-46-44-42-40-38-36-34-32-30-26-24-22-20-18-16-14-12-10-8-6-4-2/h28-29,32,34,40,42,48,50,53-54,57-58H,3-27,30-31,33,35-39,41,43-47,49,51-52H2,1-2H3,(H,56,59)/b29-28-,34-32+,42-40+,50-48+. The van der Waals surface area contributed by atoms with Gasteiger partial charge in [-0.1, -0.05) is 249 Å². The molecule has 0 bridgehead atoms. The van der Waals surface area contributed by atoms with Crippen LogP contribution in [0.25, 0.3) is 0 Å². The molecule has 2 atom stereocenters. The summed E-state index contributed by atoms with van der Waals surface area (Å²) in [6, 6.07) is -0.648. The molecule has 4 nitrogen and oxygen atoms in total. The Labute approximate surface area is 369 Å². The third-order valence-corrected chi connectivity index (χ3v) is 12.0. The second-order valence-electron chi connectivity index (χ2n) is 17.9. The fourth-order valence-corrected chi connectivity index (χ4v) is 7.97. The topological polar surface area (TPSA) is 69.6 Å². The minimum Gasteiger partial charge on any atom is -0.394 e. The lowest BCUT2D eigenvalue weighted by atomic mass is 10.0. The van der Waals surface area contributed by atoms with Gasteiger partial charge in [-0.3, -0.25) is 4.79 Å². The van der Waals surface area contributed by atoms with Gasteiger partial charge >= 0.3 is 0 Å². The van der Waals surface area contributed by atoms with Crippen LogP contribution >= 0.6 is 0 Å². The molecule has 0 heterocycles. The zero-order chi connectivity index (χ0) is 42.8. The van der Waals surface area contributed by atoms with Crippen LogP contribution in [0.4, 0.5) is 0 Å². The Kier molecular flexibility index (Phi) is 49.3. The molecule has 0 saturated carbocycles. The fraction of sp³-hybridized carbons (Fsp3) is 0.836. The first-order valence-corrected chi connectivity index (χ1v) is 26.4. The van der Waals surface area contributed by atoms with Crippen molar-refractivity contribution in [1.29, 1.82) is 0 Å². The predicted molar refractivity (Wildman–Crippen MR) is 262 cm³/mol. The normalized spacial score (nSPS) is 13.2. The van der Waals surface area contributed by atoms with Crippen LogP contribution in [0.1, 0.15) is 277 Å². The number of nitrogens with one attached hydrogen (secondary N) is 1. The summed E-state index contributed by atoms with van der Waals surface area (Å²) in [5.74, 6) is -0.0781. The van der Waals surface area contributed by atoms with Gasteiger partial charge in [-0.2, -0.15) is 0 Å². The zero-order valence-electron chi connectivity index (χ0n) is 39.8. The molecule has 1 amide bonds. The van der Waals surface area contributed by atoms with Crippen LogP contribution in [0.3, 0.4) is 0 Å². The Morgan fingerprint density at radius 3 is 0.983 bits per heavy atom. The third-order valence-electron chi connectivity index (χ3n) is 12.0. The van der Waals surface area contributed by atoms with Crippen LogP contribution in [0.5, 0.6) is 0 Å². The number of hydrogen-bond donors (Lipinski definition) is 3. The maximum absolute atomic E-state index is 12.4. The Bertz CT molecular complexity index is 939. The van der Waals surface area contributed by atoms with Crippen molar-refractivity contribution in [2.75, 3.05) is 6.61 Å². The number of carbonyl (C=O) groups is 1. The van der Waals surface area contributed by atoms with Crippen LogP contribution in [0.15, 0.2) is 48.6 Å². The van der Waals surface area contributed by atoms with E-state index in [0.29, 0.717) is 6.42 Å². The van der Waals surface area contributed by atoms with Crippen molar-refractivity contribution in [3.63, 3.8) is 0 Å². The molecule has 346 valence electrons. The highest BCUT2D eigenvalue weighted by atomic mass is 16.3. The van der Waals surface area contributed by atoms with E-state index in [1.807, 2.05) is 6.08 Å². The monoisotopic (exact) mass is 826 g/mol. The van der Waals surface area contributed by atoms with Crippen molar-refractivity contribution in [2.24, 2.45) is 0 Å². The molecule has 0 aromatic heterocycles. The quantitative estimate of drug-likeness (QED) is 0.0423. The molecule has 0 spiro atoms. The number of aliphatic hydroxyl groups is 2. The first kappa shape index (κ1) is 57.3. The second-order valence-corrected chi connectivity index (χ2v) is 17.9. The highest BCUT2D eigenvalue weighted by Crippen LogP contribution is 2.16. The molecule has 3 N–H and O–H groups in total. The summed E-state index contributed by atoms with van der Waals surface area (Å²) in [5.41, 5.74) is 0. The highest BCUT2D eigenvalue weighted by molar-refractivity contribution is 5.76. The van der Waals surface area contributed by atoms with Crippen molar-refractivity contribution < 1.29 is 15.0 Å². The van der Waals surface area contributed by atoms with Crippen molar-refractivity contribution >= 4 is 5.91 Å². The van der Waals surface area contributed by atoms with Gasteiger partial charge in [0.25, 0.3) is 0 Å². The summed E-state index contributed by atoms with van der Waals surface area (Å²) in [7, 11) is 0. The minimum atomic E-state index is -0.872. The van der Waals surface area contributed by atoms with Crippen LogP contribution in [-0.2, 0) is 4.79 Å². The summed E-state index contributed by atoms with van der Waals surface area (Å²) in [6.45, 7) is 4.32. The Balaban J connectivity index is 3.58. The highest BCUT2D eigenvalue weighted by Gasteiger charge is 2.17. The number of allylic oxidation sites excluding steroid dienone is 7. The molecule has 59 heavy (non-hydrogen) atoms. The largest absolute Gasteiger partial charge is 0.394 e. The van der Waals surface area contributed by atoms with E-state index in [4.69, 9.17) is 0 Å². The van der Waals surface area contributed by atoms with E-state index in [1.165, 1.54) is 218 Å². The molecular formula is C55H103NO3. The summed E-state index contributed by atoms with van der Waals surface area (Å²) >= 11 is 0. The average Bonchev–Trinajstić information content (AvgIpc) is 3.24. The molecule has 0 aliphatic rings. The van der Waals surface area contributed by atoms with Gasteiger partial charge in [-0.05, 0) is 70.6 Å². The molecule has 0 aromatic rings. The molecule has 0 aliphatic carbocycles. The van der Waals surface area contributed by atoms with Crippen molar-refractivity contribution in [3.8, 4) is 0 Å². The SMILES string of the molecule is CCCCCCCCCCCCCC/C=C\CCCCCCCCCCCC(=O)NC(CO)C(O)/C=C/CC/C=C/CC/C=C/CCCCCCCCCCCCCC. The van der Waals surface area contributed by atoms with Crippen LogP contribution in [-0.4, -0.2) is 34.9 Å². The zero-order valence-corrected chi connectivity index (χ0v) is 39.8. The smallest absolute Gasteiger partial charge is 0.220 e. The van der Waals surface area contributed by atoms with Gasteiger partial charge in [0.15, 0.2) is 0 Å². The molecule has 0 aromatic carbocycles. The van der Waals surface area contributed by atoms with Crippen LogP contribution in [0.2, 0.25) is 0 Å². The fourth-order valence-electron chi connectivity index (χ4n) is 7.97. The summed E-state index contributed by atoms with van der Waals surface area (Å²) in [6.07, 6.45) is 69.7. The molecule has 0 radical (unpaired) electrons. The van der Waals surface area contributed by atoms with E-state index in [0.717, 1.165) is 38.5 Å². The minimum absolute atomic E-state index is 0.0781. The maximum atomic E-state index is 12.4. The lowest BCUT2D eigenvalue weighted by Gasteiger charge is -2.19. The van der Waals surface area contributed by atoms with Crippen LogP contribution < -0.4 is 5.32 Å². The van der Waals surface area contributed by atoms with E-state index >= 15 is 0 Å². The van der Waals surface area contributed by atoms with E-state index in [2.05, 4.69) is 55.6 Å². The molecule has 0 saturated heterocycles.